The normalized spacial score (nSPS) is 12.5. The highest BCUT2D eigenvalue weighted by atomic mass is 79.9. The largest absolute Gasteiger partial charge is 0.325 e. The van der Waals surface area contributed by atoms with Crippen molar-refractivity contribution in [1.29, 1.82) is 0 Å². The van der Waals surface area contributed by atoms with Crippen LogP contribution in [0.5, 0.6) is 0 Å². The number of hydrogen-bond donors (Lipinski definition) is 1. The van der Waals surface area contributed by atoms with Gasteiger partial charge in [-0.15, -0.1) is 11.3 Å². The molecular formula is C19H20BrN3OS. The molecule has 6 heteroatoms. The Hall–Kier alpha value is -1.76. The van der Waals surface area contributed by atoms with E-state index in [0.29, 0.717) is 6.54 Å². The molecule has 1 heterocycles. The van der Waals surface area contributed by atoms with Gasteiger partial charge in [-0.2, -0.15) is 0 Å². The van der Waals surface area contributed by atoms with Crippen molar-refractivity contribution in [2.45, 2.75) is 19.9 Å². The standard InChI is InChI=1S/C19H20BrN3OS/c1-12-10-14(8-9-15(12)20)21-18(24)11-23(3)13(2)19-22-16-6-4-5-7-17(16)25-19/h4-10,13H,11H2,1-3H3,(H,21,24)/t13-/m1/s1. The molecule has 0 aliphatic carbocycles. The molecule has 0 radical (unpaired) electrons. The summed E-state index contributed by atoms with van der Waals surface area (Å²) in [6.07, 6.45) is 0. The number of nitrogens with zero attached hydrogens (tertiary/aromatic N) is 2. The van der Waals surface area contributed by atoms with Gasteiger partial charge in [0.05, 0.1) is 22.8 Å². The van der Waals surface area contributed by atoms with Crippen molar-refractivity contribution < 1.29 is 4.79 Å². The molecule has 0 unspecified atom stereocenters. The van der Waals surface area contributed by atoms with Gasteiger partial charge in [0.1, 0.15) is 5.01 Å². The third-order valence-corrected chi connectivity index (χ3v) is 6.26. The summed E-state index contributed by atoms with van der Waals surface area (Å²) >= 11 is 5.15. The average molecular weight is 418 g/mol. The van der Waals surface area contributed by atoms with Crippen molar-refractivity contribution in [3.05, 3.63) is 57.5 Å². The van der Waals surface area contributed by atoms with Crippen LogP contribution in [-0.4, -0.2) is 29.4 Å². The van der Waals surface area contributed by atoms with Crippen LogP contribution in [0.4, 0.5) is 5.69 Å². The number of likely N-dealkylation sites (N-methyl/N-ethyl adjacent to an activating group) is 1. The second kappa shape index (κ2) is 7.64. The van der Waals surface area contributed by atoms with E-state index in [1.807, 2.05) is 55.3 Å². The average Bonchev–Trinajstić information content (AvgIpc) is 3.01. The lowest BCUT2D eigenvalue weighted by Crippen LogP contribution is -2.32. The van der Waals surface area contributed by atoms with Crippen molar-refractivity contribution in [2.24, 2.45) is 0 Å². The van der Waals surface area contributed by atoms with E-state index in [0.717, 1.165) is 26.2 Å². The third kappa shape index (κ3) is 4.26. The second-order valence-corrected chi connectivity index (χ2v) is 8.04. The van der Waals surface area contributed by atoms with Crippen molar-refractivity contribution in [2.75, 3.05) is 18.9 Å². The van der Waals surface area contributed by atoms with E-state index < -0.39 is 0 Å². The molecule has 1 amide bonds. The number of carbonyl (C=O) groups excluding carboxylic acids is 1. The molecule has 2 aromatic carbocycles. The first-order valence-electron chi connectivity index (χ1n) is 8.06. The number of benzene rings is 2. The van der Waals surface area contributed by atoms with Gasteiger partial charge in [-0.3, -0.25) is 9.69 Å². The lowest BCUT2D eigenvalue weighted by Gasteiger charge is -2.22. The van der Waals surface area contributed by atoms with Crippen molar-refractivity contribution >= 4 is 49.1 Å². The van der Waals surface area contributed by atoms with Crippen molar-refractivity contribution in [3.8, 4) is 0 Å². The summed E-state index contributed by atoms with van der Waals surface area (Å²) < 4.78 is 2.21. The minimum atomic E-state index is -0.0304. The molecule has 4 nitrogen and oxygen atoms in total. The van der Waals surface area contributed by atoms with Crippen LogP contribution >= 0.6 is 27.3 Å². The van der Waals surface area contributed by atoms with E-state index in [2.05, 4.69) is 39.2 Å². The SMILES string of the molecule is Cc1cc(NC(=O)CN(C)[C@H](C)c2nc3ccccc3s2)ccc1Br. The predicted molar refractivity (Wildman–Crippen MR) is 108 cm³/mol. The Balaban J connectivity index is 1.64. The molecule has 25 heavy (non-hydrogen) atoms. The highest BCUT2D eigenvalue weighted by molar-refractivity contribution is 9.10. The summed E-state index contributed by atoms with van der Waals surface area (Å²) in [5, 5.41) is 3.98. The maximum Gasteiger partial charge on any atom is 0.238 e. The first-order valence-corrected chi connectivity index (χ1v) is 9.66. The number of anilines is 1. The van der Waals surface area contributed by atoms with E-state index in [1.54, 1.807) is 11.3 Å². The topological polar surface area (TPSA) is 45.2 Å². The fraction of sp³-hybridized carbons (Fsp3) is 0.263. The number of halogens is 1. The van der Waals surface area contributed by atoms with Gasteiger partial charge in [-0.1, -0.05) is 28.1 Å². The summed E-state index contributed by atoms with van der Waals surface area (Å²) in [5.74, 6) is -0.0304. The number of amides is 1. The van der Waals surface area contributed by atoms with Gasteiger partial charge in [0.25, 0.3) is 0 Å². The van der Waals surface area contributed by atoms with Gasteiger partial charge in [0, 0.05) is 10.2 Å². The minimum absolute atomic E-state index is 0.0304. The smallest absolute Gasteiger partial charge is 0.238 e. The quantitative estimate of drug-likeness (QED) is 0.635. The maximum absolute atomic E-state index is 12.3. The Morgan fingerprint density at radius 1 is 1.32 bits per heavy atom. The number of thiazole rings is 1. The molecule has 3 rings (SSSR count). The van der Waals surface area contributed by atoms with Gasteiger partial charge in [-0.25, -0.2) is 4.98 Å². The monoisotopic (exact) mass is 417 g/mol. The van der Waals surface area contributed by atoms with E-state index in [9.17, 15) is 4.79 Å². The van der Waals surface area contributed by atoms with Crippen LogP contribution < -0.4 is 5.32 Å². The molecule has 0 saturated carbocycles. The van der Waals surface area contributed by atoms with Crippen LogP contribution in [0.15, 0.2) is 46.9 Å². The van der Waals surface area contributed by atoms with E-state index in [4.69, 9.17) is 0 Å². The van der Waals surface area contributed by atoms with Gasteiger partial charge in [-0.05, 0) is 56.8 Å². The fourth-order valence-electron chi connectivity index (χ4n) is 2.54. The highest BCUT2D eigenvalue weighted by Gasteiger charge is 2.18. The number of nitrogens with one attached hydrogen (secondary N) is 1. The first-order chi connectivity index (χ1) is 11.9. The molecule has 1 N–H and O–H groups in total. The van der Waals surface area contributed by atoms with Gasteiger partial charge in [0.15, 0.2) is 0 Å². The van der Waals surface area contributed by atoms with Crippen LogP contribution in [0, 0.1) is 6.92 Å². The van der Waals surface area contributed by atoms with Crippen molar-refractivity contribution in [3.63, 3.8) is 0 Å². The summed E-state index contributed by atoms with van der Waals surface area (Å²) in [4.78, 5) is 19.0. The Morgan fingerprint density at radius 3 is 2.80 bits per heavy atom. The second-order valence-electron chi connectivity index (χ2n) is 6.12. The molecule has 0 saturated heterocycles. The molecule has 1 atom stereocenters. The summed E-state index contributed by atoms with van der Waals surface area (Å²) in [6, 6.07) is 14.0. The zero-order valence-corrected chi connectivity index (χ0v) is 16.8. The van der Waals surface area contributed by atoms with E-state index in [-0.39, 0.29) is 11.9 Å². The lowest BCUT2D eigenvalue weighted by molar-refractivity contribution is -0.117. The Bertz CT molecular complexity index is 876. The first kappa shape index (κ1) is 18.0. The van der Waals surface area contributed by atoms with Crippen LogP contribution in [0.2, 0.25) is 0 Å². The zero-order valence-electron chi connectivity index (χ0n) is 14.4. The molecule has 1 aromatic heterocycles. The number of carbonyl (C=O) groups is 1. The fourth-order valence-corrected chi connectivity index (χ4v) is 3.87. The molecule has 3 aromatic rings. The third-order valence-electron chi connectivity index (χ3n) is 4.16. The summed E-state index contributed by atoms with van der Waals surface area (Å²) in [6.45, 7) is 4.39. The molecule has 0 aliphatic rings. The van der Waals surface area contributed by atoms with Crippen LogP contribution in [-0.2, 0) is 4.79 Å². The van der Waals surface area contributed by atoms with Gasteiger partial charge >= 0.3 is 0 Å². The summed E-state index contributed by atoms with van der Waals surface area (Å²) in [7, 11) is 1.95. The minimum Gasteiger partial charge on any atom is -0.325 e. The molecule has 0 bridgehead atoms. The van der Waals surface area contributed by atoms with E-state index in [1.165, 1.54) is 4.70 Å². The number of para-hydroxylation sites is 1. The number of hydrogen-bond acceptors (Lipinski definition) is 4. The zero-order chi connectivity index (χ0) is 18.0. The van der Waals surface area contributed by atoms with Gasteiger partial charge < -0.3 is 5.32 Å². The summed E-state index contributed by atoms with van der Waals surface area (Å²) in [5.41, 5.74) is 2.92. The number of aromatic nitrogens is 1. The van der Waals surface area contributed by atoms with E-state index >= 15 is 0 Å². The Labute approximate surface area is 160 Å². The Morgan fingerprint density at radius 2 is 2.08 bits per heavy atom. The highest BCUT2D eigenvalue weighted by Crippen LogP contribution is 2.28. The van der Waals surface area contributed by atoms with Crippen LogP contribution in [0.25, 0.3) is 10.2 Å². The Kier molecular flexibility index (Phi) is 5.51. The van der Waals surface area contributed by atoms with Crippen molar-refractivity contribution in [1.82, 2.24) is 9.88 Å². The van der Waals surface area contributed by atoms with Crippen LogP contribution in [0.3, 0.4) is 0 Å². The molecule has 0 spiro atoms. The lowest BCUT2D eigenvalue weighted by atomic mass is 10.2. The van der Waals surface area contributed by atoms with Crippen LogP contribution in [0.1, 0.15) is 23.5 Å². The number of rotatable bonds is 5. The molecule has 0 aliphatic heterocycles. The van der Waals surface area contributed by atoms with Gasteiger partial charge in [0.2, 0.25) is 5.91 Å². The predicted octanol–water partition coefficient (Wildman–Crippen LogP) is 5.00. The molecule has 130 valence electrons. The number of fused-ring (bicyclic) bond motifs is 1. The molecular weight excluding hydrogens is 398 g/mol. The molecule has 0 fully saturated rings. The number of aryl methyl sites for hydroxylation is 1. The maximum atomic E-state index is 12.3.